The van der Waals surface area contributed by atoms with Crippen LogP contribution in [0.1, 0.15) is 18.9 Å². The Labute approximate surface area is 120 Å². The fraction of sp³-hybridized carbons (Fsp3) is 0.571. The van der Waals surface area contributed by atoms with E-state index in [-0.39, 0.29) is 12.0 Å². The number of likely N-dealkylation sites (N-methyl/N-ethyl adjacent to an activating group) is 1. The van der Waals surface area contributed by atoms with Crippen LogP contribution in [0.5, 0.6) is 0 Å². The zero-order chi connectivity index (χ0) is 13.9. The molecule has 0 aliphatic carbocycles. The van der Waals surface area contributed by atoms with E-state index in [0.717, 1.165) is 30.0 Å². The lowest BCUT2D eigenvalue weighted by Gasteiger charge is -2.23. The van der Waals surface area contributed by atoms with Crippen molar-refractivity contribution in [2.75, 3.05) is 18.1 Å². The smallest absolute Gasteiger partial charge is 0.150 e. The molecule has 1 aromatic rings. The lowest BCUT2D eigenvalue weighted by Crippen LogP contribution is -2.38. The number of hydrogen-bond acceptors (Lipinski definition) is 3. The second-order valence-corrected chi connectivity index (χ2v) is 7.83. The van der Waals surface area contributed by atoms with Crippen molar-refractivity contribution >= 4 is 21.4 Å². The van der Waals surface area contributed by atoms with Gasteiger partial charge in [-0.25, -0.2) is 8.42 Å². The van der Waals surface area contributed by atoms with Crippen molar-refractivity contribution in [2.45, 2.75) is 25.8 Å². The Morgan fingerprint density at radius 2 is 2.26 bits per heavy atom. The minimum atomic E-state index is -2.83. The average molecular weight is 302 g/mol. The normalized spacial score (nSPS) is 23.4. The second kappa shape index (κ2) is 6.25. The van der Waals surface area contributed by atoms with E-state index in [1.54, 1.807) is 0 Å². The molecule has 5 heteroatoms. The van der Waals surface area contributed by atoms with E-state index in [9.17, 15) is 8.42 Å². The second-order valence-electron chi connectivity index (χ2n) is 5.16. The molecule has 0 spiro atoms. The van der Waals surface area contributed by atoms with E-state index in [4.69, 9.17) is 11.6 Å². The maximum Gasteiger partial charge on any atom is 0.150 e. The molecule has 1 saturated heterocycles. The van der Waals surface area contributed by atoms with Crippen molar-refractivity contribution < 1.29 is 8.42 Å². The highest BCUT2D eigenvalue weighted by molar-refractivity contribution is 7.91. The highest BCUT2D eigenvalue weighted by Crippen LogP contribution is 2.24. The number of nitrogens with one attached hydrogen (secondary N) is 1. The van der Waals surface area contributed by atoms with E-state index < -0.39 is 9.84 Å². The molecule has 0 amide bonds. The van der Waals surface area contributed by atoms with Gasteiger partial charge in [0, 0.05) is 11.1 Å². The number of halogens is 1. The van der Waals surface area contributed by atoms with Crippen LogP contribution in [0.2, 0.25) is 5.02 Å². The average Bonchev–Trinajstić information content (AvgIpc) is 2.69. The van der Waals surface area contributed by atoms with Crippen molar-refractivity contribution in [3.05, 3.63) is 34.9 Å². The van der Waals surface area contributed by atoms with Crippen LogP contribution in [0.3, 0.4) is 0 Å². The fourth-order valence-electron chi connectivity index (χ4n) is 2.73. The quantitative estimate of drug-likeness (QED) is 0.908. The third kappa shape index (κ3) is 4.20. The van der Waals surface area contributed by atoms with Gasteiger partial charge in [0.1, 0.15) is 0 Å². The molecule has 1 aliphatic heterocycles. The van der Waals surface area contributed by atoms with E-state index in [1.165, 1.54) is 0 Å². The monoisotopic (exact) mass is 301 g/mol. The van der Waals surface area contributed by atoms with Crippen LogP contribution < -0.4 is 5.32 Å². The van der Waals surface area contributed by atoms with Gasteiger partial charge >= 0.3 is 0 Å². The minimum absolute atomic E-state index is 0.209. The van der Waals surface area contributed by atoms with Gasteiger partial charge in [0.2, 0.25) is 0 Å². The Hall–Kier alpha value is -0.580. The summed E-state index contributed by atoms with van der Waals surface area (Å²) in [5.74, 6) is 0.851. The first kappa shape index (κ1) is 14.8. The maximum atomic E-state index is 11.6. The fourth-order valence-corrected chi connectivity index (χ4v) is 4.82. The Kier molecular flexibility index (Phi) is 4.87. The molecule has 1 aliphatic rings. The summed E-state index contributed by atoms with van der Waals surface area (Å²) in [5, 5.41) is 4.15. The number of sulfone groups is 1. The van der Waals surface area contributed by atoms with Gasteiger partial charge in [-0.05, 0) is 43.0 Å². The zero-order valence-corrected chi connectivity index (χ0v) is 12.7. The van der Waals surface area contributed by atoms with Crippen LogP contribution in [0.4, 0.5) is 0 Å². The molecule has 1 N–H and O–H groups in total. The molecule has 106 valence electrons. The first-order valence-corrected chi connectivity index (χ1v) is 8.88. The molecular formula is C14H20ClNO2S. The van der Waals surface area contributed by atoms with Gasteiger partial charge in [-0.1, -0.05) is 30.7 Å². The summed E-state index contributed by atoms with van der Waals surface area (Å²) >= 11 is 5.99. The van der Waals surface area contributed by atoms with Gasteiger partial charge in [-0.15, -0.1) is 0 Å². The number of benzene rings is 1. The van der Waals surface area contributed by atoms with Crippen LogP contribution >= 0.6 is 11.6 Å². The van der Waals surface area contributed by atoms with Gasteiger partial charge in [-0.2, -0.15) is 0 Å². The van der Waals surface area contributed by atoms with Crippen LogP contribution in [-0.4, -0.2) is 32.5 Å². The maximum absolute atomic E-state index is 11.6. The molecule has 2 rings (SSSR count). The Bertz CT molecular complexity index is 530. The Morgan fingerprint density at radius 3 is 2.84 bits per heavy atom. The summed E-state index contributed by atoms with van der Waals surface area (Å²) in [4.78, 5) is 0. The van der Waals surface area contributed by atoms with Crippen LogP contribution in [0, 0.1) is 5.92 Å². The molecule has 2 unspecified atom stereocenters. The first-order valence-electron chi connectivity index (χ1n) is 6.68. The third-order valence-corrected chi connectivity index (χ3v) is 5.68. The standard InChI is InChI=1S/C14H20ClNO2S/c1-2-16-14(12-6-7-19(17,18)10-12)9-11-4-3-5-13(15)8-11/h3-5,8,12,14,16H,2,6-7,9-10H2,1H3. The third-order valence-electron chi connectivity index (χ3n) is 3.65. The lowest BCUT2D eigenvalue weighted by molar-refractivity contribution is 0.386. The van der Waals surface area contributed by atoms with Crippen molar-refractivity contribution in [1.82, 2.24) is 5.32 Å². The minimum Gasteiger partial charge on any atom is -0.314 e. The molecule has 1 fully saturated rings. The lowest BCUT2D eigenvalue weighted by atomic mass is 9.93. The van der Waals surface area contributed by atoms with E-state index in [1.807, 2.05) is 24.3 Å². The SMILES string of the molecule is CCNC(Cc1cccc(Cl)c1)C1CCS(=O)(=O)C1. The number of rotatable bonds is 5. The van der Waals surface area contributed by atoms with Crippen molar-refractivity contribution in [2.24, 2.45) is 5.92 Å². The highest BCUT2D eigenvalue weighted by atomic mass is 35.5. The van der Waals surface area contributed by atoms with Crippen molar-refractivity contribution in [1.29, 1.82) is 0 Å². The predicted molar refractivity (Wildman–Crippen MR) is 79.4 cm³/mol. The molecule has 0 saturated carbocycles. The summed E-state index contributed by atoms with van der Waals surface area (Å²) in [6, 6.07) is 8.00. The molecule has 3 nitrogen and oxygen atoms in total. The summed E-state index contributed by atoms with van der Waals surface area (Å²) in [6.45, 7) is 2.90. The number of hydrogen-bond donors (Lipinski definition) is 1. The van der Waals surface area contributed by atoms with Gasteiger partial charge in [0.25, 0.3) is 0 Å². The van der Waals surface area contributed by atoms with Gasteiger partial charge < -0.3 is 5.32 Å². The van der Waals surface area contributed by atoms with E-state index in [0.29, 0.717) is 11.5 Å². The summed E-state index contributed by atoms with van der Waals surface area (Å²) in [5.41, 5.74) is 1.16. The first-order chi connectivity index (χ1) is 9.00. The van der Waals surface area contributed by atoms with E-state index in [2.05, 4.69) is 12.2 Å². The van der Waals surface area contributed by atoms with Crippen LogP contribution in [0.25, 0.3) is 0 Å². The van der Waals surface area contributed by atoms with E-state index >= 15 is 0 Å². The van der Waals surface area contributed by atoms with Crippen molar-refractivity contribution in [3.63, 3.8) is 0 Å². The topological polar surface area (TPSA) is 46.2 Å². The molecule has 1 heterocycles. The largest absolute Gasteiger partial charge is 0.314 e. The van der Waals surface area contributed by atoms with Crippen LogP contribution in [-0.2, 0) is 16.3 Å². The summed E-state index contributed by atoms with van der Waals surface area (Å²) in [7, 11) is -2.83. The summed E-state index contributed by atoms with van der Waals surface area (Å²) in [6.07, 6.45) is 1.59. The predicted octanol–water partition coefficient (Wildman–Crippen LogP) is 2.30. The zero-order valence-electron chi connectivity index (χ0n) is 11.1. The summed E-state index contributed by atoms with van der Waals surface area (Å²) < 4.78 is 23.2. The molecule has 0 bridgehead atoms. The Balaban J connectivity index is 2.08. The highest BCUT2D eigenvalue weighted by Gasteiger charge is 2.33. The Morgan fingerprint density at radius 1 is 1.47 bits per heavy atom. The molecule has 19 heavy (non-hydrogen) atoms. The van der Waals surface area contributed by atoms with Gasteiger partial charge in [0.15, 0.2) is 9.84 Å². The molecule has 1 aromatic carbocycles. The molecular weight excluding hydrogens is 282 g/mol. The molecule has 2 atom stereocenters. The van der Waals surface area contributed by atoms with Gasteiger partial charge in [0.05, 0.1) is 11.5 Å². The molecule has 0 aromatic heterocycles. The van der Waals surface area contributed by atoms with Gasteiger partial charge in [-0.3, -0.25) is 0 Å². The molecule has 0 radical (unpaired) electrons. The van der Waals surface area contributed by atoms with Crippen molar-refractivity contribution in [3.8, 4) is 0 Å². The van der Waals surface area contributed by atoms with Crippen LogP contribution in [0.15, 0.2) is 24.3 Å².